The largest absolute Gasteiger partial charge is 0.252 e. The molecule has 0 radical (unpaired) electrons. The van der Waals surface area contributed by atoms with Crippen LogP contribution in [0.4, 0.5) is 0 Å². The third-order valence-corrected chi connectivity index (χ3v) is 4.55. The second-order valence-electron chi connectivity index (χ2n) is 4.47. The number of hydrogen-bond donors (Lipinski definition) is 0. The van der Waals surface area contributed by atoms with E-state index in [2.05, 4.69) is 70.0 Å². The number of rotatable bonds is 4. The van der Waals surface area contributed by atoms with E-state index in [4.69, 9.17) is 4.98 Å². The summed E-state index contributed by atoms with van der Waals surface area (Å²) in [5.41, 5.74) is 3.62. The number of nitrogens with zero attached hydrogens (tertiary/aromatic N) is 1. The molecule has 1 heterocycles. The number of aryl methyl sites for hydroxylation is 1. The van der Waals surface area contributed by atoms with Crippen molar-refractivity contribution in [3.05, 3.63) is 40.0 Å². The highest BCUT2D eigenvalue weighted by atomic mass is 79.9. The maximum atomic E-state index is 4.80. The Hall–Kier alpha value is -0.410. The van der Waals surface area contributed by atoms with Gasteiger partial charge in [0.05, 0.1) is 5.52 Å². The first kappa shape index (κ1) is 14.0. The predicted molar refractivity (Wildman–Crippen MR) is 85.4 cm³/mol. The molecule has 0 aliphatic heterocycles. The number of pyridine rings is 1. The lowest BCUT2D eigenvalue weighted by Crippen LogP contribution is -2.00. The molecule has 0 aliphatic carbocycles. The van der Waals surface area contributed by atoms with Crippen molar-refractivity contribution >= 4 is 42.8 Å². The molecule has 3 heteroatoms. The fourth-order valence-corrected chi connectivity index (χ4v) is 3.36. The van der Waals surface area contributed by atoms with E-state index < -0.39 is 0 Å². The van der Waals surface area contributed by atoms with Gasteiger partial charge in [-0.15, -0.1) is 0 Å². The van der Waals surface area contributed by atoms with Gasteiger partial charge in [-0.1, -0.05) is 58.2 Å². The molecule has 1 aromatic carbocycles. The van der Waals surface area contributed by atoms with E-state index >= 15 is 0 Å². The molecule has 2 rings (SSSR count). The lowest BCUT2D eigenvalue weighted by molar-refractivity contribution is 0.776. The number of fused-ring (bicyclic) bond motifs is 1. The summed E-state index contributed by atoms with van der Waals surface area (Å²) in [5, 5.41) is 1.21. The molecule has 1 nitrogen and oxygen atoms in total. The van der Waals surface area contributed by atoms with Crippen LogP contribution in [0.3, 0.4) is 0 Å². The Morgan fingerprint density at radius 2 is 2.00 bits per heavy atom. The van der Waals surface area contributed by atoms with Crippen molar-refractivity contribution in [1.82, 2.24) is 4.98 Å². The highest BCUT2D eigenvalue weighted by molar-refractivity contribution is 9.10. The monoisotopic (exact) mass is 369 g/mol. The molecule has 1 aromatic heterocycles. The molecule has 1 atom stereocenters. The second-order valence-corrected chi connectivity index (χ2v) is 6.49. The first-order valence-electron chi connectivity index (χ1n) is 6.38. The van der Waals surface area contributed by atoms with E-state index in [0.717, 1.165) is 22.8 Å². The van der Waals surface area contributed by atoms with Gasteiger partial charge in [0.1, 0.15) is 0 Å². The van der Waals surface area contributed by atoms with Crippen molar-refractivity contribution in [3.8, 4) is 0 Å². The summed E-state index contributed by atoms with van der Waals surface area (Å²) in [4.78, 5) is 5.21. The molecule has 0 saturated carbocycles. The average molecular weight is 371 g/mol. The Bertz CT molecular complexity index is 551. The van der Waals surface area contributed by atoms with Crippen LogP contribution in [-0.2, 0) is 6.42 Å². The van der Waals surface area contributed by atoms with Crippen molar-refractivity contribution < 1.29 is 0 Å². The maximum Gasteiger partial charge on any atom is 0.0716 e. The summed E-state index contributed by atoms with van der Waals surface area (Å²) in [6.45, 7) is 4.38. The molecule has 0 N–H and O–H groups in total. The van der Waals surface area contributed by atoms with Crippen LogP contribution in [0.25, 0.3) is 10.9 Å². The summed E-state index contributed by atoms with van der Waals surface area (Å²) in [7, 11) is 0. The summed E-state index contributed by atoms with van der Waals surface area (Å²) in [5.74, 6) is 0. The van der Waals surface area contributed by atoms with Gasteiger partial charge in [0.25, 0.3) is 0 Å². The van der Waals surface area contributed by atoms with Crippen molar-refractivity contribution in [2.24, 2.45) is 0 Å². The second kappa shape index (κ2) is 6.16. The Kier molecular flexibility index (Phi) is 4.79. The van der Waals surface area contributed by atoms with Crippen molar-refractivity contribution in [1.29, 1.82) is 0 Å². The first-order valence-corrected chi connectivity index (χ1v) is 8.09. The number of hydrogen-bond acceptors (Lipinski definition) is 1. The van der Waals surface area contributed by atoms with Crippen molar-refractivity contribution in [2.75, 3.05) is 0 Å². The van der Waals surface area contributed by atoms with Crippen LogP contribution in [0.2, 0.25) is 0 Å². The van der Waals surface area contributed by atoms with Crippen LogP contribution in [0.1, 0.15) is 42.8 Å². The smallest absolute Gasteiger partial charge is 0.0716 e. The highest BCUT2D eigenvalue weighted by Gasteiger charge is 2.13. The van der Waals surface area contributed by atoms with Gasteiger partial charge in [-0.3, -0.25) is 4.98 Å². The van der Waals surface area contributed by atoms with E-state index in [1.54, 1.807) is 0 Å². The zero-order valence-corrected chi connectivity index (χ0v) is 13.9. The van der Waals surface area contributed by atoms with Crippen LogP contribution >= 0.6 is 31.9 Å². The van der Waals surface area contributed by atoms with Crippen LogP contribution in [0.15, 0.2) is 28.7 Å². The van der Waals surface area contributed by atoms with Gasteiger partial charge in [0.15, 0.2) is 0 Å². The predicted octanol–water partition coefficient (Wildman–Crippen LogP) is 5.80. The average Bonchev–Trinajstić information content (AvgIpc) is 2.37. The molecule has 0 saturated heterocycles. The minimum atomic E-state index is 0.415. The lowest BCUT2D eigenvalue weighted by atomic mass is 10.0. The maximum absolute atomic E-state index is 4.80. The van der Waals surface area contributed by atoms with E-state index in [9.17, 15) is 0 Å². The molecule has 2 aromatic rings. The van der Waals surface area contributed by atoms with E-state index in [0.29, 0.717) is 4.83 Å². The zero-order valence-electron chi connectivity index (χ0n) is 10.7. The highest BCUT2D eigenvalue weighted by Crippen LogP contribution is 2.32. The summed E-state index contributed by atoms with van der Waals surface area (Å²) < 4.78 is 1.08. The van der Waals surface area contributed by atoms with Crippen LogP contribution in [0.5, 0.6) is 0 Å². The zero-order chi connectivity index (χ0) is 13.1. The molecule has 0 amide bonds. The van der Waals surface area contributed by atoms with Gasteiger partial charge in [-0.05, 0) is 36.6 Å². The molecular weight excluding hydrogens is 354 g/mol. The van der Waals surface area contributed by atoms with Crippen LogP contribution in [0, 0.1) is 0 Å². The fraction of sp³-hybridized carbons (Fsp3) is 0.400. The van der Waals surface area contributed by atoms with E-state index in [1.807, 2.05) is 0 Å². The molecule has 1 unspecified atom stereocenters. The SMILES string of the molecule is CCCC(Br)c1cc2ccc(Br)cc2nc1CC. The molecule has 0 fully saturated rings. The lowest BCUT2D eigenvalue weighted by Gasteiger charge is -2.14. The molecular formula is C15H17Br2N. The number of benzene rings is 1. The quantitative estimate of drug-likeness (QED) is 0.620. The number of aromatic nitrogens is 1. The van der Waals surface area contributed by atoms with Gasteiger partial charge in [0.2, 0.25) is 0 Å². The number of alkyl halides is 1. The van der Waals surface area contributed by atoms with Crippen molar-refractivity contribution in [2.45, 2.75) is 37.9 Å². The summed E-state index contributed by atoms with van der Waals surface area (Å²) in [6.07, 6.45) is 3.30. The third-order valence-electron chi connectivity index (χ3n) is 3.11. The standard InChI is InChI=1S/C15H17Br2N/c1-3-5-13(17)12-8-10-6-7-11(16)9-15(10)18-14(12)4-2/h6-9,13H,3-5H2,1-2H3. The van der Waals surface area contributed by atoms with Crippen LogP contribution < -0.4 is 0 Å². The fourth-order valence-electron chi connectivity index (χ4n) is 2.16. The Morgan fingerprint density at radius 3 is 2.67 bits per heavy atom. The molecule has 0 bridgehead atoms. The minimum absolute atomic E-state index is 0.415. The molecule has 96 valence electrons. The van der Waals surface area contributed by atoms with Gasteiger partial charge in [0, 0.05) is 20.4 Å². The molecule has 18 heavy (non-hydrogen) atoms. The van der Waals surface area contributed by atoms with Gasteiger partial charge >= 0.3 is 0 Å². The Labute approximate surface area is 125 Å². The summed E-state index contributed by atoms with van der Waals surface area (Å²) >= 11 is 7.29. The normalized spacial score (nSPS) is 12.9. The topological polar surface area (TPSA) is 12.9 Å². The number of halogens is 2. The van der Waals surface area contributed by atoms with Gasteiger partial charge in [-0.2, -0.15) is 0 Å². The van der Waals surface area contributed by atoms with E-state index in [1.165, 1.54) is 23.1 Å². The third kappa shape index (κ3) is 2.94. The minimum Gasteiger partial charge on any atom is -0.252 e. The Morgan fingerprint density at radius 1 is 1.22 bits per heavy atom. The van der Waals surface area contributed by atoms with Gasteiger partial charge < -0.3 is 0 Å². The molecule has 0 aliphatic rings. The van der Waals surface area contributed by atoms with Crippen molar-refractivity contribution in [3.63, 3.8) is 0 Å². The first-order chi connectivity index (χ1) is 8.65. The molecule has 0 spiro atoms. The van der Waals surface area contributed by atoms with E-state index in [-0.39, 0.29) is 0 Å². The van der Waals surface area contributed by atoms with Gasteiger partial charge in [-0.25, -0.2) is 0 Å². The Balaban J connectivity index is 2.55. The summed E-state index contributed by atoms with van der Waals surface area (Å²) in [6, 6.07) is 8.56. The van der Waals surface area contributed by atoms with Crippen LogP contribution in [-0.4, -0.2) is 4.98 Å².